The molecule has 1 fully saturated rings. The number of amides is 1. The van der Waals surface area contributed by atoms with Gasteiger partial charge in [-0.15, -0.1) is 11.3 Å². The second-order valence-electron chi connectivity index (χ2n) is 5.24. The summed E-state index contributed by atoms with van der Waals surface area (Å²) in [4.78, 5) is 21.6. The molecule has 2 rings (SSSR count). The molecule has 1 aromatic heterocycles. The fourth-order valence-electron chi connectivity index (χ4n) is 2.46. The average molecular weight is 308 g/mol. The van der Waals surface area contributed by atoms with Gasteiger partial charge in [-0.3, -0.25) is 9.79 Å². The number of thiophene rings is 1. The number of rotatable bonds is 5. The highest BCUT2D eigenvalue weighted by Crippen LogP contribution is 2.09. The van der Waals surface area contributed by atoms with Gasteiger partial charge in [-0.25, -0.2) is 0 Å². The Kier molecular flexibility index (Phi) is 6.04. The zero-order chi connectivity index (χ0) is 15.1. The van der Waals surface area contributed by atoms with E-state index in [1.54, 1.807) is 18.4 Å². The van der Waals surface area contributed by atoms with E-state index in [9.17, 15) is 4.79 Å². The number of hydrogen-bond donors (Lipinski definition) is 1. The molecule has 1 aliphatic heterocycles. The van der Waals surface area contributed by atoms with E-state index >= 15 is 0 Å². The first-order valence-corrected chi connectivity index (χ1v) is 8.30. The molecule has 0 atom stereocenters. The molecule has 1 aliphatic rings. The minimum Gasteiger partial charge on any atom is -0.347 e. The third-order valence-corrected chi connectivity index (χ3v) is 4.64. The van der Waals surface area contributed by atoms with Crippen molar-refractivity contribution in [2.45, 2.75) is 19.3 Å². The lowest BCUT2D eigenvalue weighted by Gasteiger charge is -2.23. The number of nitrogens with zero attached hydrogens (tertiary/aromatic N) is 3. The highest BCUT2D eigenvalue weighted by atomic mass is 32.1. The summed E-state index contributed by atoms with van der Waals surface area (Å²) < 4.78 is 0. The first-order chi connectivity index (χ1) is 10.2. The first-order valence-electron chi connectivity index (χ1n) is 7.42. The van der Waals surface area contributed by atoms with E-state index < -0.39 is 0 Å². The van der Waals surface area contributed by atoms with Crippen molar-refractivity contribution in [1.29, 1.82) is 0 Å². The number of carbonyl (C=O) groups excluding carboxylic acids is 1. The smallest absolute Gasteiger partial charge is 0.241 e. The molecule has 0 spiro atoms. The van der Waals surface area contributed by atoms with Crippen LogP contribution in [0, 0.1) is 0 Å². The van der Waals surface area contributed by atoms with E-state index in [4.69, 9.17) is 0 Å². The van der Waals surface area contributed by atoms with Gasteiger partial charge in [0.05, 0.1) is 6.54 Å². The van der Waals surface area contributed by atoms with E-state index in [-0.39, 0.29) is 5.91 Å². The molecule has 0 bridgehead atoms. The van der Waals surface area contributed by atoms with Crippen molar-refractivity contribution >= 4 is 23.2 Å². The van der Waals surface area contributed by atoms with Gasteiger partial charge in [-0.05, 0) is 30.7 Å². The molecule has 0 aromatic carbocycles. The summed E-state index contributed by atoms with van der Waals surface area (Å²) in [5.41, 5.74) is 0. The Morgan fingerprint density at radius 2 is 2.24 bits per heavy atom. The fraction of sp³-hybridized carbons (Fsp3) is 0.600. The zero-order valence-corrected chi connectivity index (χ0v) is 13.7. The zero-order valence-electron chi connectivity index (χ0n) is 12.8. The number of likely N-dealkylation sites (N-methyl/N-ethyl adjacent to an activating group) is 1. The summed E-state index contributed by atoms with van der Waals surface area (Å²) in [6, 6.07) is 4.22. The number of likely N-dealkylation sites (tertiary alicyclic amines) is 1. The molecular weight excluding hydrogens is 284 g/mol. The first kappa shape index (κ1) is 15.8. The van der Waals surface area contributed by atoms with Gasteiger partial charge in [0.15, 0.2) is 5.96 Å². The van der Waals surface area contributed by atoms with E-state index in [1.165, 1.54) is 4.88 Å². The fourth-order valence-corrected chi connectivity index (χ4v) is 3.15. The maximum absolute atomic E-state index is 12.0. The summed E-state index contributed by atoms with van der Waals surface area (Å²) in [6.45, 7) is 3.01. The van der Waals surface area contributed by atoms with Crippen LogP contribution in [0.2, 0.25) is 0 Å². The van der Waals surface area contributed by atoms with Crippen molar-refractivity contribution in [3.05, 3.63) is 22.4 Å². The molecular formula is C15H24N4OS. The van der Waals surface area contributed by atoms with Crippen LogP contribution < -0.4 is 5.32 Å². The summed E-state index contributed by atoms with van der Waals surface area (Å²) in [7, 11) is 3.76. The molecule has 2 heterocycles. The van der Waals surface area contributed by atoms with Crippen LogP contribution in [0.15, 0.2) is 22.5 Å². The van der Waals surface area contributed by atoms with Crippen LogP contribution in [0.4, 0.5) is 0 Å². The van der Waals surface area contributed by atoms with Crippen LogP contribution in [-0.4, -0.2) is 61.9 Å². The van der Waals surface area contributed by atoms with Crippen LogP contribution >= 0.6 is 11.3 Å². The highest BCUT2D eigenvalue weighted by Gasteiger charge is 2.18. The third kappa shape index (κ3) is 4.74. The molecule has 1 amide bonds. The van der Waals surface area contributed by atoms with Gasteiger partial charge in [0.2, 0.25) is 5.91 Å². The topological polar surface area (TPSA) is 47.9 Å². The monoisotopic (exact) mass is 308 g/mol. The van der Waals surface area contributed by atoms with E-state index in [2.05, 4.69) is 32.7 Å². The molecule has 6 heteroatoms. The summed E-state index contributed by atoms with van der Waals surface area (Å²) in [6.07, 6.45) is 3.25. The van der Waals surface area contributed by atoms with Crippen LogP contribution in [0.5, 0.6) is 0 Å². The summed E-state index contributed by atoms with van der Waals surface area (Å²) in [5.74, 6) is 0.944. The minimum absolute atomic E-state index is 0.167. The van der Waals surface area contributed by atoms with Crippen LogP contribution in [0.3, 0.4) is 0 Å². The molecule has 0 aliphatic carbocycles. The Hall–Kier alpha value is -1.56. The van der Waals surface area contributed by atoms with Gasteiger partial charge >= 0.3 is 0 Å². The van der Waals surface area contributed by atoms with Crippen molar-refractivity contribution in [2.75, 3.05) is 40.3 Å². The maximum atomic E-state index is 12.0. The van der Waals surface area contributed by atoms with E-state index in [1.807, 2.05) is 11.9 Å². The summed E-state index contributed by atoms with van der Waals surface area (Å²) >= 11 is 1.77. The van der Waals surface area contributed by atoms with Crippen molar-refractivity contribution in [3.8, 4) is 0 Å². The molecule has 0 saturated carbocycles. The third-order valence-electron chi connectivity index (χ3n) is 3.70. The molecule has 1 N–H and O–H groups in total. The van der Waals surface area contributed by atoms with Gasteiger partial charge < -0.3 is 15.1 Å². The Morgan fingerprint density at radius 3 is 2.86 bits per heavy atom. The Labute approximate surface area is 130 Å². The second kappa shape index (κ2) is 8.02. The van der Waals surface area contributed by atoms with Crippen molar-refractivity contribution in [1.82, 2.24) is 15.1 Å². The molecule has 1 aromatic rings. The van der Waals surface area contributed by atoms with Crippen molar-refractivity contribution in [3.63, 3.8) is 0 Å². The standard InChI is InChI=1S/C15H24N4OS/c1-16-15(17-12-14(20)19-8-3-4-9-19)18(2)10-7-13-6-5-11-21-13/h5-6,11H,3-4,7-10,12H2,1-2H3,(H,16,17). The quantitative estimate of drug-likeness (QED) is 0.661. The lowest BCUT2D eigenvalue weighted by molar-refractivity contribution is -0.128. The molecule has 21 heavy (non-hydrogen) atoms. The number of carbonyl (C=O) groups is 1. The highest BCUT2D eigenvalue weighted by molar-refractivity contribution is 7.09. The lowest BCUT2D eigenvalue weighted by atomic mass is 10.3. The van der Waals surface area contributed by atoms with Gasteiger partial charge in [0.1, 0.15) is 0 Å². The van der Waals surface area contributed by atoms with Crippen LogP contribution in [-0.2, 0) is 11.2 Å². The molecule has 116 valence electrons. The van der Waals surface area contributed by atoms with Gasteiger partial charge in [-0.1, -0.05) is 6.07 Å². The SMILES string of the molecule is CN=C(NCC(=O)N1CCCC1)N(C)CCc1cccs1. The Bertz CT molecular complexity index is 466. The minimum atomic E-state index is 0.167. The molecule has 0 unspecified atom stereocenters. The van der Waals surface area contributed by atoms with Gasteiger partial charge in [0.25, 0.3) is 0 Å². The number of aliphatic imine (C=N–C) groups is 1. The lowest BCUT2D eigenvalue weighted by Crippen LogP contribution is -2.45. The summed E-state index contributed by atoms with van der Waals surface area (Å²) in [5, 5.41) is 5.26. The van der Waals surface area contributed by atoms with Gasteiger partial charge in [0, 0.05) is 38.6 Å². The number of nitrogens with one attached hydrogen (secondary N) is 1. The van der Waals surface area contributed by atoms with Crippen LogP contribution in [0.25, 0.3) is 0 Å². The second-order valence-corrected chi connectivity index (χ2v) is 6.27. The Morgan fingerprint density at radius 1 is 1.48 bits per heavy atom. The average Bonchev–Trinajstić information content (AvgIpc) is 3.18. The predicted octanol–water partition coefficient (Wildman–Crippen LogP) is 1.42. The van der Waals surface area contributed by atoms with E-state index in [0.717, 1.165) is 44.9 Å². The predicted molar refractivity (Wildman–Crippen MR) is 87.8 cm³/mol. The van der Waals surface area contributed by atoms with E-state index in [0.29, 0.717) is 6.54 Å². The van der Waals surface area contributed by atoms with Crippen LogP contribution in [0.1, 0.15) is 17.7 Å². The Balaban J connectivity index is 1.75. The number of guanidine groups is 1. The maximum Gasteiger partial charge on any atom is 0.241 e. The molecule has 0 radical (unpaired) electrons. The number of hydrogen-bond acceptors (Lipinski definition) is 3. The molecule has 5 nitrogen and oxygen atoms in total. The molecule has 1 saturated heterocycles. The normalized spacial score (nSPS) is 15.3. The van der Waals surface area contributed by atoms with Crippen molar-refractivity contribution in [2.24, 2.45) is 4.99 Å². The van der Waals surface area contributed by atoms with Gasteiger partial charge in [-0.2, -0.15) is 0 Å². The van der Waals surface area contributed by atoms with Crippen molar-refractivity contribution < 1.29 is 4.79 Å². The largest absolute Gasteiger partial charge is 0.347 e.